The summed E-state index contributed by atoms with van der Waals surface area (Å²) in [6, 6.07) is 14.3. The molecule has 0 heterocycles. The van der Waals surface area contributed by atoms with E-state index in [4.69, 9.17) is 9.47 Å². The van der Waals surface area contributed by atoms with Gasteiger partial charge in [-0.2, -0.15) is 0 Å². The summed E-state index contributed by atoms with van der Waals surface area (Å²) in [7, 11) is 0. The molecule has 2 aromatic carbocycles. The molecule has 3 heteroatoms. The molecule has 0 amide bonds. The molecule has 0 aliphatic rings. The van der Waals surface area contributed by atoms with Crippen molar-refractivity contribution in [2.24, 2.45) is 0 Å². The van der Waals surface area contributed by atoms with Crippen LogP contribution in [-0.2, 0) is 0 Å². The number of aryl methyl sites for hydroxylation is 2. The first-order valence-corrected chi connectivity index (χ1v) is 8.29. The quantitative estimate of drug-likeness (QED) is 0.698. The van der Waals surface area contributed by atoms with Gasteiger partial charge >= 0.3 is 0 Å². The van der Waals surface area contributed by atoms with Gasteiger partial charge < -0.3 is 14.8 Å². The Bertz CT molecular complexity index is 608. The Morgan fingerprint density at radius 3 is 2.30 bits per heavy atom. The Balaban J connectivity index is 1.74. The molecule has 2 aromatic rings. The Labute approximate surface area is 139 Å². The molecule has 0 aliphatic heterocycles. The highest BCUT2D eigenvalue weighted by Crippen LogP contribution is 2.18. The molecule has 1 unspecified atom stereocenters. The van der Waals surface area contributed by atoms with Crippen LogP contribution in [0, 0.1) is 13.8 Å². The average molecular weight is 313 g/mol. The van der Waals surface area contributed by atoms with Gasteiger partial charge in [-0.15, -0.1) is 0 Å². The summed E-state index contributed by atoms with van der Waals surface area (Å²) in [6.45, 7) is 9.80. The molecule has 0 spiro atoms. The molecule has 23 heavy (non-hydrogen) atoms. The Morgan fingerprint density at radius 1 is 0.957 bits per heavy atom. The van der Waals surface area contributed by atoms with E-state index in [9.17, 15) is 0 Å². The first-order chi connectivity index (χ1) is 11.1. The minimum absolute atomic E-state index is 0.250. The van der Waals surface area contributed by atoms with E-state index < -0.39 is 0 Å². The molecule has 2 rings (SSSR count). The number of benzene rings is 2. The zero-order chi connectivity index (χ0) is 16.7. The van der Waals surface area contributed by atoms with Crippen LogP contribution >= 0.6 is 0 Å². The van der Waals surface area contributed by atoms with Crippen LogP contribution in [0.2, 0.25) is 0 Å². The molecule has 124 valence electrons. The normalized spacial score (nSPS) is 11.8. The lowest BCUT2D eigenvalue weighted by molar-refractivity contribution is 0.217. The van der Waals surface area contributed by atoms with E-state index in [0.717, 1.165) is 30.2 Å². The van der Waals surface area contributed by atoms with Gasteiger partial charge in [0.25, 0.3) is 0 Å². The molecule has 0 fully saturated rings. The van der Waals surface area contributed by atoms with Crippen LogP contribution in [0.15, 0.2) is 42.5 Å². The van der Waals surface area contributed by atoms with Gasteiger partial charge in [-0.3, -0.25) is 0 Å². The van der Waals surface area contributed by atoms with Gasteiger partial charge in [-0.05, 0) is 74.7 Å². The summed E-state index contributed by atoms with van der Waals surface area (Å²) in [5.74, 6) is 1.84. The third-order valence-electron chi connectivity index (χ3n) is 3.94. The van der Waals surface area contributed by atoms with Crippen molar-refractivity contribution in [1.82, 2.24) is 0 Å². The van der Waals surface area contributed by atoms with E-state index in [-0.39, 0.29) is 6.10 Å². The highest BCUT2D eigenvalue weighted by Gasteiger charge is 2.01. The third-order valence-corrected chi connectivity index (χ3v) is 3.94. The van der Waals surface area contributed by atoms with Crippen LogP contribution in [-0.4, -0.2) is 19.3 Å². The second kappa shape index (κ2) is 8.47. The van der Waals surface area contributed by atoms with Gasteiger partial charge in [0.15, 0.2) is 0 Å². The molecule has 1 atom stereocenters. The van der Waals surface area contributed by atoms with Crippen LogP contribution in [0.1, 0.15) is 31.4 Å². The number of hydrogen-bond donors (Lipinski definition) is 1. The zero-order valence-electron chi connectivity index (χ0n) is 14.6. The Hall–Kier alpha value is -2.16. The lowest BCUT2D eigenvalue weighted by Crippen LogP contribution is -2.12. The second-order valence-corrected chi connectivity index (χ2v) is 5.88. The molecule has 0 bridgehead atoms. The minimum Gasteiger partial charge on any atom is -0.492 e. The van der Waals surface area contributed by atoms with Crippen molar-refractivity contribution in [3.63, 3.8) is 0 Å². The number of rotatable bonds is 8. The van der Waals surface area contributed by atoms with Crippen molar-refractivity contribution < 1.29 is 9.47 Å². The average Bonchev–Trinajstić information content (AvgIpc) is 2.56. The van der Waals surface area contributed by atoms with Crippen molar-refractivity contribution in [1.29, 1.82) is 0 Å². The number of nitrogens with one attached hydrogen (secondary N) is 1. The predicted octanol–water partition coefficient (Wildman–Crippen LogP) is 4.97. The summed E-state index contributed by atoms with van der Waals surface area (Å²) in [6.07, 6.45) is 1.26. The molecule has 0 radical (unpaired) electrons. The number of ether oxygens (including phenoxy) is 2. The molecular formula is C20H27NO2. The Kier molecular flexibility index (Phi) is 6.33. The fourth-order valence-electron chi connectivity index (χ4n) is 2.13. The van der Waals surface area contributed by atoms with E-state index in [0.29, 0.717) is 6.61 Å². The fourth-order valence-corrected chi connectivity index (χ4v) is 2.13. The van der Waals surface area contributed by atoms with Crippen LogP contribution in [0.4, 0.5) is 5.69 Å². The maximum absolute atomic E-state index is 5.77. The van der Waals surface area contributed by atoms with Gasteiger partial charge in [0, 0.05) is 12.2 Å². The summed E-state index contributed by atoms with van der Waals surface area (Å²) in [5, 5.41) is 3.35. The van der Waals surface area contributed by atoms with Gasteiger partial charge in [-0.25, -0.2) is 0 Å². The lowest BCUT2D eigenvalue weighted by atomic mass is 10.1. The summed E-state index contributed by atoms with van der Waals surface area (Å²) < 4.78 is 11.5. The highest BCUT2D eigenvalue weighted by atomic mass is 16.5. The summed E-state index contributed by atoms with van der Waals surface area (Å²) >= 11 is 0. The standard InChI is InChI=1S/C20H27NO2/c1-5-17(4)23-19-10-7-18(8-11-19)21-12-13-22-20-9-6-15(2)16(3)14-20/h6-11,14,17,21H,5,12-13H2,1-4H3. The minimum atomic E-state index is 0.250. The van der Waals surface area contributed by atoms with Gasteiger partial charge in [0.1, 0.15) is 18.1 Å². The van der Waals surface area contributed by atoms with E-state index in [1.807, 2.05) is 30.3 Å². The Morgan fingerprint density at radius 2 is 1.65 bits per heavy atom. The lowest BCUT2D eigenvalue weighted by Gasteiger charge is -2.13. The van der Waals surface area contributed by atoms with Gasteiger partial charge in [0.05, 0.1) is 6.10 Å². The van der Waals surface area contributed by atoms with Crippen LogP contribution in [0.5, 0.6) is 11.5 Å². The SMILES string of the molecule is CCC(C)Oc1ccc(NCCOc2ccc(C)c(C)c2)cc1. The fraction of sp³-hybridized carbons (Fsp3) is 0.400. The van der Waals surface area contributed by atoms with Gasteiger partial charge in [-0.1, -0.05) is 13.0 Å². The van der Waals surface area contributed by atoms with Crippen LogP contribution < -0.4 is 14.8 Å². The summed E-state index contributed by atoms with van der Waals surface area (Å²) in [5.41, 5.74) is 3.62. The molecule has 0 saturated carbocycles. The van der Waals surface area contributed by atoms with Crippen molar-refractivity contribution in [3.05, 3.63) is 53.6 Å². The maximum Gasteiger partial charge on any atom is 0.119 e. The molecule has 3 nitrogen and oxygen atoms in total. The van der Waals surface area contributed by atoms with E-state index in [1.165, 1.54) is 11.1 Å². The molecule has 0 saturated heterocycles. The highest BCUT2D eigenvalue weighted by molar-refractivity contribution is 5.46. The van der Waals surface area contributed by atoms with Crippen LogP contribution in [0.3, 0.4) is 0 Å². The largest absolute Gasteiger partial charge is 0.492 e. The van der Waals surface area contributed by atoms with E-state index in [2.05, 4.69) is 45.1 Å². The zero-order valence-corrected chi connectivity index (χ0v) is 14.6. The van der Waals surface area contributed by atoms with Crippen LogP contribution in [0.25, 0.3) is 0 Å². The topological polar surface area (TPSA) is 30.5 Å². The molecule has 1 N–H and O–H groups in total. The first kappa shape index (κ1) is 17.2. The monoisotopic (exact) mass is 313 g/mol. The number of anilines is 1. The smallest absolute Gasteiger partial charge is 0.119 e. The van der Waals surface area contributed by atoms with Crippen molar-refractivity contribution >= 4 is 5.69 Å². The third kappa shape index (κ3) is 5.51. The number of hydrogen-bond acceptors (Lipinski definition) is 3. The van der Waals surface area contributed by atoms with E-state index >= 15 is 0 Å². The molecular weight excluding hydrogens is 286 g/mol. The van der Waals surface area contributed by atoms with Crippen molar-refractivity contribution in [2.45, 2.75) is 40.2 Å². The van der Waals surface area contributed by atoms with E-state index in [1.54, 1.807) is 0 Å². The van der Waals surface area contributed by atoms with Crippen molar-refractivity contribution in [3.8, 4) is 11.5 Å². The summed E-state index contributed by atoms with van der Waals surface area (Å²) in [4.78, 5) is 0. The molecule has 0 aliphatic carbocycles. The van der Waals surface area contributed by atoms with Crippen molar-refractivity contribution in [2.75, 3.05) is 18.5 Å². The molecule has 0 aromatic heterocycles. The maximum atomic E-state index is 5.77. The first-order valence-electron chi connectivity index (χ1n) is 8.29. The second-order valence-electron chi connectivity index (χ2n) is 5.88. The predicted molar refractivity (Wildman–Crippen MR) is 96.7 cm³/mol. The van der Waals surface area contributed by atoms with Gasteiger partial charge in [0.2, 0.25) is 0 Å².